The van der Waals surface area contributed by atoms with Crippen LogP contribution in [0.1, 0.15) is 35.7 Å². The first kappa shape index (κ1) is 22.4. The van der Waals surface area contributed by atoms with Gasteiger partial charge in [-0.05, 0) is 36.1 Å². The molecule has 4 aromatic rings. The van der Waals surface area contributed by atoms with Gasteiger partial charge < -0.3 is 4.98 Å². The van der Waals surface area contributed by atoms with Gasteiger partial charge in [0.15, 0.2) is 11.2 Å². The van der Waals surface area contributed by atoms with Crippen LogP contribution in [0.15, 0.2) is 59.4 Å². The SMILES string of the molecule is O=c1[nH]c([C@@H]2CCCN(S(=O)(=O)Cc3ccccc3)C2)nc2c1nnn2Cc1ccc(F)cc1. The Hall–Kier alpha value is -3.44. The van der Waals surface area contributed by atoms with E-state index in [4.69, 9.17) is 0 Å². The molecule has 0 unspecified atom stereocenters. The van der Waals surface area contributed by atoms with Crippen LogP contribution in [0.25, 0.3) is 11.2 Å². The second kappa shape index (κ2) is 9.07. The van der Waals surface area contributed by atoms with Gasteiger partial charge in [-0.25, -0.2) is 26.8 Å². The first-order valence-electron chi connectivity index (χ1n) is 11.0. The summed E-state index contributed by atoms with van der Waals surface area (Å²) in [5.74, 6) is -0.254. The van der Waals surface area contributed by atoms with Gasteiger partial charge in [-0.2, -0.15) is 0 Å². The Morgan fingerprint density at radius 1 is 1.06 bits per heavy atom. The summed E-state index contributed by atoms with van der Waals surface area (Å²) in [5, 5.41) is 7.99. The fourth-order valence-corrected chi connectivity index (χ4v) is 5.85. The lowest BCUT2D eigenvalue weighted by molar-refractivity contribution is 0.309. The predicted molar refractivity (Wildman–Crippen MR) is 124 cm³/mol. The van der Waals surface area contributed by atoms with Crippen LogP contribution in [0.2, 0.25) is 0 Å². The third-order valence-electron chi connectivity index (χ3n) is 5.99. The zero-order valence-corrected chi connectivity index (χ0v) is 19.1. The molecule has 0 saturated carbocycles. The number of fused-ring (bicyclic) bond motifs is 1. The number of hydrogen-bond donors (Lipinski definition) is 1. The van der Waals surface area contributed by atoms with Crippen molar-refractivity contribution >= 4 is 21.2 Å². The number of nitrogens with one attached hydrogen (secondary N) is 1. The Morgan fingerprint density at radius 3 is 2.59 bits per heavy atom. The number of H-pyrrole nitrogens is 1. The van der Waals surface area contributed by atoms with Gasteiger partial charge in [0, 0.05) is 19.0 Å². The second-order valence-electron chi connectivity index (χ2n) is 8.44. The predicted octanol–water partition coefficient (Wildman–Crippen LogP) is 2.41. The van der Waals surface area contributed by atoms with Gasteiger partial charge in [0.25, 0.3) is 5.56 Å². The van der Waals surface area contributed by atoms with Crippen LogP contribution in [0, 0.1) is 5.82 Å². The minimum Gasteiger partial charge on any atom is -0.308 e. The van der Waals surface area contributed by atoms with Crippen molar-refractivity contribution in [2.45, 2.75) is 31.1 Å². The molecule has 0 radical (unpaired) electrons. The highest BCUT2D eigenvalue weighted by atomic mass is 32.2. The standard InChI is InChI=1S/C23H23FN6O3S/c24-19-10-8-16(9-11-19)13-30-22-20(27-28-30)23(31)26-21(25-22)18-7-4-12-29(14-18)34(32,33)15-17-5-2-1-3-6-17/h1-3,5-6,8-11,18H,4,7,12-15H2,(H,25,26,31)/t18-/m1/s1. The number of piperidine rings is 1. The summed E-state index contributed by atoms with van der Waals surface area (Å²) in [5.41, 5.74) is 1.51. The van der Waals surface area contributed by atoms with Crippen molar-refractivity contribution < 1.29 is 12.8 Å². The third kappa shape index (κ3) is 4.62. The molecule has 1 aliphatic heterocycles. The molecule has 0 bridgehead atoms. The minimum atomic E-state index is -3.52. The van der Waals surface area contributed by atoms with Crippen molar-refractivity contribution in [1.29, 1.82) is 0 Å². The van der Waals surface area contributed by atoms with Gasteiger partial charge in [0.05, 0.1) is 12.3 Å². The lowest BCUT2D eigenvalue weighted by atomic mass is 9.99. The summed E-state index contributed by atoms with van der Waals surface area (Å²) in [6, 6.07) is 15.0. The van der Waals surface area contributed by atoms with Gasteiger partial charge in [0.1, 0.15) is 11.6 Å². The molecule has 5 rings (SSSR count). The van der Waals surface area contributed by atoms with Crippen LogP contribution in [0.4, 0.5) is 4.39 Å². The highest BCUT2D eigenvalue weighted by Gasteiger charge is 2.31. The van der Waals surface area contributed by atoms with Crippen molar-refractivity contribution in [3.8, 4) is 0 Å². The zero-order chi connectivity index (χ0) is 23.7. The van der Waals surface area contributed by atoms with E-state index in [9.17, 15) is 17.6 Å². The molecular formula is C23H23FN6O3S. The molecule has 176 valence electrons. The highest BCUT2D eigenvalue weighted by molar-refractivity contribution is 7.88. The van der Waals surface area contributed by atoms with Crippen molar-refractivity contribution in [3.63, 3.8) is 0 Å². The van der Waals surface area contributed by atoms with Crippen LogP contribution in [0.3, 0.4) is 0 Å². The fourth-order valence-electron chi connectivity index (χ4n) is 4.24. The van der Waals surface area contributed by atoms with E-state index in [0.29, 0.717) is 30.9 Å². The molecule has 1 fully saturated rings. The molecule has 11 heteroatoms. The van der Waals surface area contributed by atoms with Gasteiger partial charge in [-0.15, -0.1) is 5.10 Å². The van der Waals surface area contributed by atoms with Crippen molar-refractivity contribution in [2.24, 2.45) is 0 Å². The first-order valence-corrected chi connectivity index (χ1v) is 12.6. The maximum atomic E-state index is 13.2. The lowest BCUT2D eigenvalue weighted by Gasteiger charge is -2.31. The molecule has 0 amide bonds. The molecule has 34 heavy (non-hydrogen) atoms. The smallest absolute Gasteiger partial charge is 0.281 e. The normalized spacial score (nSPS) is 17.3. The monoisotopic (exact) mass is 482 g/mol. The summed E-state index contributed by atoms with van der Waals surface area (Å²) in [6.45, 7) is 0.945. The van der Waals surface area contributed by atoms with E-state index < -0.39 is 15.6 Å². The zero-order valence-electron chi connectivity index (χ0n) is 18.3. The van der Waals surface area contributed by atoms with Crippen molar-refractivity contribution in [2.75, 3.05) is 13.1 Å². The molecule has 1 N–H and O–H groups in total. The topological polar surface area (TPSA) is 114 Å². The van der Waals surface area contributed by atoms with Crippen LogP contribution >= 0.6 is 0 Å². The molecule has 2 aromatic heterocycles. The number of rotatable bonds is 6. The summed E-state index contributed by atoms with van der Waals surface area (Å²) in [7, 11) is -3.52. The Balaban J connectivity index is 1.41. The maximum Gasteiger partial charge on any atom is 0.281 e. The minimum absolute atomic E-state index is 0.0715. The Labute approximate surface area is 195 Å². The Morgan fingerprint density at radius 2 is 1.82 bits per heavy atom. The number of halogens is 1. The number of hydrogen-bond acceptors (Lipinski definition) is 6. The van der Waals surface area contributed by atoms with Crippen molar-refractivity contribution in [1.82, 2.24) is 29.3 Å². The summed E-state index contributed by atoms with van der Waals surface area (Å²) in [6.07, 6.45) is 1.36. The molecular weight excluding hydrogens is 459 g/mol. The van der Waals surface area contributed by atoms with Crippen molar-refractivity contribution in [3.05, 3.63) is 87.7 Å². The molecule has 9 nitrogen and oxygen atoms in total. The number of benzene rings is 2. The maximum absolute atomic E-state index is 13.2. The number of nitrogens with zero attached hydrogens (tertiary/aromatic N) is 5. The van der Waals surface area contributed by atoms with E-state index in [1.807, 2.05) is 18.2 Å². The van der Waals surface area contributed by atoms with Gasteiger partial charge in [-0.1, -0.05) is 47.7 Å². The summed E-state index contributed by atoms with van der Waals surface area (Å²) in [4.78, 5) is 20.1. The van der Waals surface area contributed by atoms with E-state index in [1.165, 1.54) is 21.1 Å². The van der Waals surface area contributed by atoms with Crippen LogP contribution in [-0.2, 0) is 22.3 Å². The lowest BCUT2D eigenvalue weighted by Crippen LogP contribution is -2.40. The first-order chi connectivity index (χ1) is 16.4. The summed E-state index contributed by atoms with van der Waals surface area (Å²) < 4.78 is 42.3. The number of aromatic amines is 1. The van der Waals surface area contributed by atoms with Gasteiger partial charge in [0.2, 0.25) is 10.0 Å². The van der Waals surface area contributed by atoms with E-state index in [0.717, 1.165) is 11.1 Å². The second-order valence-corrected chi connectivity index (χ2v) is 10.4. The average Bonchev–Trinajstić information content (AvgIpc) is 3.24. The Kier molecular flexibility index (Phi) is 5.96. The Bertz CT molecular complexity index is 1470. The average molecular weight is 483 g/mol. The quantitative estimate of drug-likeness (QED) is 0.452. The van der Waals surface area contributed by atoms with E-state index >= 15 is 0 Å². The van der Waals surface area contributed by atoms with Gasteiger partial charge in [-0.3, -0.25) is 4.79 Å². The largest absolute Gasteiger partial charge is 0.308 e. The van der Waals surface area contributed by atoms with E-state index in [1.54, 1.807) is 24.3 Å². The molecule has 1 saturated heterocycles. The fraction of sp³-hybridized carbons (Fsp3) is 0.304. The molecule has 1 aliphatic rings. The molecule has 1 atom stereocenters. The molecule has 0 aliphatic carbocycles. The number of sulfonamides is 1. The molecule has 3 heterocycles. The van der Waals surface area contributed by atoms with E-state index in [2.05, 4.69) is 20.3 Å². The molecule has 2 aromatic carbocycles. The van der Waals surface area contributed by atoms with Crippen LogP contribution in [-0.4, -0.2) is 50.8 Å². The van der Waals surface area contributed by atoms with Gasteiger partial charge >= 0.3 is 0 Å². The van der Waals surface area contributed by atoms with E-state index in [-0.39, 0.29) is 36.1 Å². The number of aromatic nitrogens is 5. The van der Waals surface area contributed by atoms with Crippen LogP contribution < -0.4 is 5.56 Å². The third-order valence-corrected chi connectivity index (χ3v) is 7.81. The van der Waals surface area contributed by atoms with Crippen LogP contribution in [0.5, 0.6) is 0 Å². The highest BCUT2D eigenvalue weighted by Crippen LogP contribution is 2.27. The molecule has 0 spiro atoms. The summed E-state index contributed by atoms with van der Waals surface area (Å²) >= 11 is 0.